The quantitative estimate of drug-likeness (QED) is 0.590. The Hall–Kier alpha value is -2.30. The lowest BCUT2D eigenvalue weighted by Crippen LogP contribution is -2.43. The summed E-state index contributed by atoms with van der Waals surface area (Å²) in [6.07, 6.45) is 1.96. The Morgan fingerprint density at radius 2 is 1.85 bits per heavy atom. The van der Waals surface area contributed by atoms with E-state index in [0.29, 0.717) is 0 Å². The molecule has 0 amide bonds. The van der Waals surface area contributed by atoms with Gasteiger partial charge in [-0.3, -0.25) is 9.89 Å². The predicted octanol–water partition coefficient (Wildman–Crippen LogP) is 4.09. The Labute approximate surface area is 165 Å². The standard InChI is InChI=1S/C22H24ClN3O/c1-25-21-18(12-24-22(25)23)14-26(13-16-8-10-19(27-2)11-9-16)15-20(21)17-6-4-3-5-7-17/h3-12,20,22H,13-15H2,1-2H3. The van der Waals surface area contributed by atoms with Crippen molar-refractivity contribution in [1.82, 2.24) is 9.80 Å². The summed E-state index contributed by atoms with van der Waals surface area (Å²) in [5.74, 6) is 1.17. The average molecular weight is 382 g/mol. The molecule has 27 heavy (non-hydrogen) atoms. The van der Waals surface area contributed by atoms with Gasteiger partial charge in [-0.2, -0.15) is 0 Å². The lowest BCUT2D eigenvalue weighted by atomic mass is 9.87. The Morgan fingerprint density at radius 1 is 1.11 bits per heavy atom. The van der Waals surface area contributed by atoms with E-state index in [1.165, 1.54) is 22.4 Å². The van der Waals surface area contributed by atoms with Crippen LogP contribution in [0.5, 0.6) is 5.75 Å². The molecular weight excluding hydrogens is 358 g/mol. The average Bonchev–Trinajstić information content (AvgIpc) is 2.71. The minimum Gasteiger partial charge on any atom is -0.497 e. The van der Waals surface area contributed by atoms with Crippen LogP contribution in [0.25, 0.3) is 0 Å². The van der Waals surface area contributed by atoms with Crippen LogP contribution in [0, 0.1) is 0 Å². The smallest absolute Gasteiger partial charge is 0.197 e. The summed E-state index contributed by atoms with van der Waals surface area (Å²) >= 11 is 6.40. The van der Waals surface area contributed by atoms with Gasteiger partial charge >= 0.3 is 0 Å². The van der Waals surface area contributed by atoms with Crippen LogP contribution in [0.2, 0.25) is 0 Å². The first kappa shape index (κ1) is 18.1. The topological polar surface area (TPSA) is 28.1 Å². The van der Waals surface area contributed by atoms with Gasteiger partial charge < -0.3 is 9.64 Å². The number of aliphatic imine (C=N–C) groups is 1. The van der Waals surface area contributed by atoms with E-state index in [2.05, 4.69) is 57.3 Å². The highest BCUT2D eigenvalue weighted by molar-refractivity contribution is 6.21. The van der Waals surface area contributed by atoms with Crippen molar-refractivity contribution in [2.45, 2.75) is 18.1 Å². The molecule has 0 saturated carbocycles. The van der Waals surface area contributed by atoms with Crippen molar-refractivity contribution in [2.24, 2.45) is 4.99 Å². The maximum Gasteiger partial charge on any atom is 0.197 e. The molecule has 5 heteroatoms. The molecule has 0 bridgehead atoms. The largest absolute Gasteiger partial charge is 0.497 e. The highest BCUT2D eigenvalue weighted by atomic mass is 35.5. The Kier molecular flexibility index (Phi) is 5.19. The second kappa shape index (κ2) is 7.75. The molecule has 4 nitrogen and oxygen atoms in total. The van der Waals surface area contributed by atoms with Crippen LogP contribution >= 0.6 is 11.6 Å². The van der Waals surface area contributed by atoms with Gasteiger partial charge in [0.15, 0.2) is 5.62 Å². The molecule has 0 N–H and O–H groups in total. The first-order valence-corrected chi connectivity index (χ1v) is 9.62. The van der Waals surface area contributed by atoms with E-state index in [9.17, 15) is 0 Å². The molecule has 2 aliphatic rings. The minimum atomic E-state index is -0.330. The number of methoxy groups -OCH3 is 1. The maximum absolute atomic E-state index is 6.40. The van der Waals surface area contributed by atoms with Crippen molar-refractivity contribution in [3.63, 3.8) is 0 Å². The van der Waals surface area contributed by atoms with Crippen molar-refractivity contribution < 1.29 is 4.74 Å². The summed E-state index contributed by atoms with van der Waals surface area (Å²) in [4.78, 5) is 9.04. The molecule has 0 saturated heterocycles. The fraction of sp³-hybridized carbons (Fsp3) is 0.318. The molecule has 2 heterocycles. The first-order valence-electron chi connectivity index (χ1n) is 9.19. The van der Waals surface area contributed by atoms with Crippen LogP contribution in [0.4, 0.5) is 0 Å². The normalized spacial score (nSPS) is 22.7. The zero-order chi connectivity index (χ0) is 18.8. The van der Waals surface area contributed by atoms with Crippen molar-refractivity contribution in [3.8, 4) is 5.75 Å². The molecule has 2 atom stereocenters. The van der Waals surface area contributed by atoms with Crippen LogP contribution in [-0.4, -0.2) is 48.9 Å². The summed E-state index contributed by atoms with van der Waals surface area (Å²) in [7, 11) is 3.74. The van der Waals surface area contributed by atoms with Gasteiger partial charge in [-0.25, -0.2) is 0 Å². The Morgan fingerprint density at radius 3 is 2.56 bits per heavy atom. The number of likely N-dealkylation sites (N-methyl/N-ethyl adjacent to an activating group) is 1. The molecule has 140 valence electrons. The summed E-state index contributed by atoms with van der Waals surface area (Å²) in [6.45, 7) is 2.73. The van der Waals surface area contributed by atoms with E-state index in [-0.39, 0.29) is 11.5 Å². The van der Waals surface area contributed by atoms with E-state index in [1.54, 1.807) is 7.11 Å². The molecule has 2 aromatic carbocycles. The number of benzene rings is 2. The number of hydrogen-bond donors (Lipinski definition) is 0. The summed E-state index contributed by atoms with van der Waals surface area (Å²) in [6, 6.07) is 19.0. The number of hydrogen-bond acceptors (Lipinski definition) is 4. The number of rotatable bonds is 4. The van der Waals surface area contributed by atoms with Gasteiger partial charge in [-0.1, -0.05) is 54.1 Å². The number of nitrogens with zero attached hydrogens (tertiary/aromatic N) is 3. The van der Waals surface area contributed by atoms with Gasteiger partial charge in [-0.15, -0.1) is 0 Å². The van der Waals surface area contributed by atoms with Gasteiger partial charge in [0.1, 0.15) is 5.75 Å². The van der Waals surface area contributed by atoms with Crippen LogP contribution in [0.15, 0.2) is 70.9 Å². The summed E-state index contributed by atoms with van der Waals surface area (Å²) in [5, 5.41) is 0. The Balaban J connectivity index is 1.63. The second-order valence-corrected chi connectivity index (χ2v) is 7.48. The molecular formula is C22H24ClN3O. The number of alkyl halides is 1. The van der Waals surface area contributed by atoms with Crippen molar-refractivity contribution >= 4 is 17.8 Å². The summed E-state index contributed by atoms with van der Waals surface area (Å²) in [5.41, 5.74) is 4.81. The van der Waals surface area contributed by atoms with Crippen molar-refractivity contribution in [3.05, 3.63) is 77.0 Å². The van der Waals surface area contributed by atoms with Gasteiger partial charge in [0, 0.05) is 50.1 Å². The zero-order valence-corrected chi connectivity index (χ0v) is 16.4. The molecule has 2 aromatic rings. The van der Waals surface area contributed by atoms with E-state index < -0.39 is 0 Å². The highest BCUT2D eigenvalue weighted by Gasteiger charge is 2.34. The third kappa shape index (κ3) is 3.73. The molecule has 0 radical (unpaired) electrons. The molecule has 4 rings (SSSR count). The highest BCUT2D eigenvalue weighted by Crippen LogP contribution is 2.37. The number of halogens is 1. The SMILES string of the molecule is COc1ccc(CN2CC3=C(C(c4ccccc4)C2)N(C)C(Cl)N=C3)cc1. The van der Waals surface area contributed by atoms with E-state index >= 15 is 0 Å². The second-order valence-electron chi connectivity index (χ2n) is 7.09. The van der Waals surface area contributed by atoms with Crippen molar-refractivity contribution in [2.75, 3.05) is 27.2 Å². The van der Waals surface area contributed by atoms with Crippen LogP contribution in [0.1, 0.15) is 17.0 Å². The zero-order valence-electron chi connectivity index (χ0n) is 15.7. The number of ether oxygens (including phenoxy) is 1. The van der Waals surface area contributed by atoms with Crippen LogP contribution in [0.3, 0.4) is 0 Å². The van der Waals surface area contributed by atoms with Crippen molar-refractivity contribution in [1.29, 1.82) is 0 Å². The van der Waals surface area contributed by atoms with Crippen LogP contribution < -0.4 is 4.74 Å². The van der Waals surface area contributed by atoms with E-state index in [1.807, 2.05) is 25.4 Å². The Bertz CT molecular complexity index is 848. The summed E-state index contributed by atoms with van der Waals surface area (Å²) < 4.78 is 5.27. The molecule has 2 unspecified atom stereocenters. The fourth-order valence-electron chi connectivity index (χ4n) is 3.96. The lowest BCUT2D eigenvalue weighted by molar-refractivity contribution is 0.230. The van der Waals surface area contributed by atoms with E-state index in [4.69, 9.17) is 16.3 Å². The molecule has 2 aliphatic heterocycles. The maximum atomic E-state index is 6.40. The molecule has 0 aromatic heterocycles. The molecule has 0 fully saturated rings. The fourth-order valence-corrected chi connectivity index (χ4v) is 4.12. The lowest BCUT2D eigenvalue weighted by Gasteiger charge is -2.42. The third-order valence-corrected chi connectivity index (χ3v) is 5.72. The van der Waals surface area contributed by atoms with E-state index in [0.717, 1.165) is 25.4 Å². The van der Waals surface area contributed by atoms with Gasteiger partial charge in [0.25, 0.3) is 0 Å². The third-order valence-electron chi connectivity index (χ3n) is 5.31. The predicted molar refractivity (Wildman–Crippen MR) is 110 cm³/mol. The monoisotopic (exact) mass is 381 g/mol. The van der Waals surface area contributed by atoms with Crippen LogP contribution in [-0.2, 0) is 6.54 Å². The first-order chi connectivity index (χ1) is 13.2. The van der Waals surface area contributed by atoms with Gasteiger partial charge in [0.2, 0.25) is 0 Å². The minimum absolute atomic E-state index is 0.284. The van der Waals surface area contributed by atoms with Gasteiger partial charge in [-0.05, 0) is 23.3 Å². The molecule has 0 spiro atoms. The molecule has 0 aliphatic carbocycles. The van der Waals surface area contributed by atoms with Gasteiger partial charge in [0.05, 0.1) is 7.11 Å².